The van der Waals surface area contributed by atoms with Gasteiger partial charge in [-0.3, -0.25) is 4.79 Å². The fourth-order valence-electron chi connectivity index (χ4n) is 1.83. The minimum atomic E-state index is 0.0104. The number of nitrogens with zero attached hydrogens (tertiary/aromatic N) is 1. The van der Waals surface area contributed by atoms with Gasteiger partial charge in [-0.05, 0) is 13.6 Å². The quantitative estimate of drug-likeness (QED) is 0.671. The Kier molecular flexibility index (Phi) is 6.47. The van der Waals surface area contributed by atoms with Crippen molar-refractivity contribution in [2.24, 2.45) is 5.92 Å². The second-order valence-corrected chi connectivity index (χ2v) is 4.71. The zero-order chi connectivity index (χ0) is 12.7. The third-order valence-corrected chi connectivity index (χ3v) is 2.99. The predicted molar refractivity (Wildman–Crippen MR) is 68.0 cm³/mol. The molecule has 5 heteroatoms. The Labute approximate surface area is 104 Å². The molecule has 0 aromatic rings. The van der Waals surface area contributed by atoms with Gasteiger partial charge in [0.15, 0.2) is 0 Å². The summed E-state index contributed by atoms with van der Waals surface area (Å²) in [7, 11) is 2.07. The van der Waals surface area contributed by atoms with Crippen LogP contribution in [-0.4, -0.2) is 63.3 Å². The number of nitrogens with one attached hydrogen (secondary N) is 2. The summed E-state index contributed by atoms with van der Waals surface area (Å²) in [6.45, 7) is 8.83. The predicted octanol–water partition coefficient (Wildman–Crippen LogP) is -0.321. The first-order valence-electron chi connectivity index (χ1n) is 6.42. The van der Waals surface area contributed by atoms with Crippen LogP contribution in [0.25, 0.3) is 0 Å². The maximum atomic E-state index is 11.8. The van der Waals surface area contributed by atoms with E-state index in [1.165, 1.54) is 0 Å². The number of rotatable bonds is 6. The van der Waals surface area contributed by atoms with E-state index in [1.807, 2.05) is 13.8 Å². The number of hydrogen-bond donors (Lipinski definition) is 2. The molecule has 2 N–H and O–H groups in total. The van der Waals surface area contributed by atoms with Crippen LogP contribution >= 0.6 is 0 Å². The van der Waals surface area contributed by atoms with Crippen molar-refractivity contribution in [1.29, 1.82) is 0 Å². The standard InChI is InChI=1S/C12H25N3O2/c1-4-13-7-10(2)12(16)14-8-11-9-15(3)5-6-17-11/h10-11,13H,4-9H2,1-3H3,(H,14,16). The lowest BCUT2D eigenvalue weighted by atomic mass is 10.1. The van der Waals surface area contributed by atoms with E-state index in [0.717, 1.165) is 32.8 Å². The fraction of sp³-hybridized carbons (Fsp3) is 0.917. The largest absolute Gasteiger partial charge is 0.374 e. The van der Waals surface area contributed by atoms with Gasteiger partial charge >= 0.3 is 0 Å². The van der Waals surface area contributed by atoms with Crippen LogP contribution in [0.2, 0.25) is 0 Å². The maximum Gasteiger partial charge on any atom is 0.224 e. The lowest BCUT2D eigenvalue weighted by molar-refractivity contribution is -0.125. The Morgan fingerprint density at radius 3 is 3.00 bits per heavy atom. The molecule has 17 heavy (non-hydrogen) atoms. The molecule has 1 saturated heterocycles. The summed E-state index contributed by atoms with van der Waals surface area (Å²) in [6, 6.07) is 0. The monoisotopic (exact) mass is 243 g/mol. The zero-order valence-electron chi connectivity index (χ0n) is 11.2. The molecule has 1 aliphatic heterocycles. The van der Waals surface area contributed by atoms with Crippen molar-refractivity contribution >= 4 is 5.91 Å². The van der Waals surface area contributed by atoms with Crippen LogP contribution < -0.4 is 10.6 Å². The van der Waals surface area contributed by atoms with E-state index in [9.17, 15) is 4.79 Å². The first kappa shape index (κ1) is 14.4. The lowest BCUT2D eigenvalue weighted by Crippen LogP contribution is -2.47. The van der Waals surface area contributed by atoms with E-state index in [1.54, 1.807) is 0 Å². The van der Waals surface area contributed by atoms with Crippen molar-refractivity contribution in [3.63, 3.8) is 0 Å². The van der Waals surface area contributed by atoms with Crippen LogP contribution in [0.3, 0.4) is 0 Å². The summed E-state index contributed by atoms with van der Waals surface area (Å²) < 4.78 is 5.59. The average Bonchev–Trinajstić information content (AvgIpc) is 2.33. The molecule has 1 fully saturated rings. The molecule has 0 radical (unpaired) electrons. The van der Waals surface area contributed by atoms with Crippen molar-refractivity contribution in [3.05, 3.63) is 0 Å². The number of carbonyl (C=O) groups excluding carboxylic acids is 1. The van der Waals surface area contributed by atoms with E-state index in [-0.39, 0.29) is 17.9 Å². The highest BCUT2D eigenvalue weighted by molar-refractivity contribution is 5.78. The van der Waals surface area contributed by atoms with Crippen molar-refractivity contribution in [3.8, 4) is 0 Å². The Hall–Kier alpha value is -0.650. The highest BCUT2D eigenvalue weighted by Gasteiger charge is 2.19. The Morgan fingerprint density at radius 2 is 2.35 bits per heavy atom. The first-order valence-corrected chi connectivity index (χ1v) is 6.42. The highest BCUT2D eigenvalue weighted by atomic mass is 16.5. The summed E-state index contributed by atoms with van der Waals surface area (Å²) in [5, 5.41) is 6.12. The molecular formula is C12H25N3O2. The number of hydrogen-bond acceptors (Lipinski definition) is 4. The van der Waals surface area contributed by atoms with Crippen LogP contribution in [-0.2, 0) is 9.53 Å². The SMILES string of the molecule is CCNCC(C)C(=O)NCC1CN(C)CCO1. The van der Waals surface area contributed by atoms with Gasteiger partial charge in [-0.2, -0.15) is 0 Å². The van der Waals surface area contributed by atoms with Gasteiger partial charge in [-0.1, -0.05) is 13.8 Å². The number of carbonyl (C=O) groups is 1. The van der Waals surface area contributed by atoms with E-state index in [2.05, 4.69) is 22.6 Å². The molecule has 1 rings (SSSR count). The third-order valence-electron chi connectivity index (χ3n) is 2.99. The minimum Gasteiger partial charge on any atom is -0.374 e. The summed E-state index contributed by atoms with van der Waals surface area (Å²) >= 11 is 0. The van der Waals surface area contributed by atoms with Gasteiger partial charge in [0.25, 0.3) is 0 Å². The number of morpholine rings is 1. The third kappa shape index (κ3) is 5.48. The molecule has 0 aromatic heterocycles. The Bertz CT molecular complexity index is 236. The second kappa shape index (κ2) is 7.63. The molecule has 1 heterocycles. The van der Waals surface area contributed by atoms with Crippen LogP contribution in [0.5, 0.6) is 0 Å². The molecule has 0 aromatic carbocycles. The first-order chi connectivity index (χ1) is 8.13. The highest BCUT2D eigenvalue weighted by Crippen LogP contribution is 2.02. The van der Waals surface area contributed by atoms with Crippen molar-refractivity contribution in [2.45, 2.75) is 20.0 Å². The van der Waals surface area contributed by atoms with Gasteiger partial charge in [0, 0.05) is 32.1 Å². The van der Waals surface area contributed by atoms with Gasteiger partial charge < -0.3 is 20.3 Å². The van der Waals surface area contributed by atoms with Crippen LogP contribution in [0.15, 0.2) is 0 Å². The summed E-state index contributed by atoms with van der Waals surface area (Å²) in [4.78, 5) is 14.0. The molecule has 0 spiro atoms. The maximum absolute atomic E-state index is 11.8. The smallest absolute Gasteiger partial charge is 0.224 e. The molecule has 1 aliphatic rings. The molecule has 2 atom stereocenters. The second-order valence-electron chi connectivity index (χ2n) is 4.71. The van der Waals surface area contributed by atoms with Crippen LogP contribution in [0.1, 0.15) is 13.8 Å². The van der Waals surface area contributed by atoms with Crippen LogP contribution in [0.4, 0.5) is 0 Å². The number of ether oxygens (including phenoxy) is 1. The van der Waals surface area contributed by atoms with E-state index >= 15 is 0 Å². The van der Waals surface area contributed by atoms with Crippen molar-refractivity contribution in [2.75, 3.05) is 46.4 Å². The fourth-order valence-corrected chi connectivity index (χ4v) is 1.83. The molecule has 2 unspecified atom stereocenters. The average molecular weight is 243 g/mol. The zero-order valence-corrected chi connectivity index (χ0v) is 11.2. The molecule has 5 nitrogen and oxygen atoms in total. The molecule has 100 valence electrons. The van der Waals surface area contributed by atoms with Crippen molar-refractivity contribution in [1.82, 2.24) is 15.5 Å². The van der Waals surface area contributed by atoms with Gasteiger partial charge in [0.05, 0.1) is 12.7 Å². The molecular weight excluding hydrogens is 218 g/mol. The van der Waals surface area contributed by atoms with Crippen LogP contribution in [0, 0.1) is 5.92 Å². The lowest BCUT2D eigenvalue weighted by Gasteiger charge is -2.30. The molecule has 0 aliphatic carbocycles. The van der Waals surface area contributed by atoms with E-state index < -0.39 is 0 Å². The van der Waals surface area contributed by atoms with E-state index in [0.29, 0.717) is 6.54 Å². The van der Waals surface area contributed by atoms with Gasteiger partial charge in [0.2, 0.25) is 5.91 Å². The van der Waals surface area contributed by atoms with Gasteiger partial charge in [-0.25, -0.2) is 0 Å². The number of likely N-dealkylation sites (N-methyl/N-ethyl adjacent to an activating group) is 1. The molecule has 0 saturated carbocycles. The Morgan fingerprint density at radius 1 is 1.59 bits per heavy atom. The van der Waals surface area contributed by atoms with Crippen molar-refractivity contribution < 1.29 is 9.53 Å². The summed E-state index contributed by atoms with van der Waals surface area (Å²) in [6.07, 6.45) is 0.129. The topological polar surface area (TPSA) is 53.6 Å². The summed E-state index contributed by atoms with van der Waals surface area (Å²) in [5.74, 6) is 0.110. The number of amides is 1. The Balaban J connectivity index is 2.18. The molecule has 0 bridgehead atoms. The van der Waals surface area contributed by atoms with Gasteiger partial charge in [-0.15, -0.1) is 0 Å². The van der Waals surface area contributed by atoms with E-state index in [4.69, 9.17) is 4.74 Å². The van der Waals surface area contributed by atoms with Gasteiger partial charge in [0.1, 0.15) is 0 Å². The minimum absolute atomic E-state index is 0.0104. The molecule has 1 amide bonds. The summed E-state index contributed by atoms with van der Waals surface area (Å²) in [5.41, 5.74) is 0. The normalized spacial score (nSPS) is 23.4.